The summed E-state index contributed by atoms with van der Waals surface area (Å²) in [6, 6.07) is 7.93. The molecule has 2 nitrogen and oxygen atoms in total. The van der Waals surface area contributed by atoms with Gasteiger partial charge in [-0.25, -0.2) is 0 Å². The Balaban J connectivity index is 2.10. The summed E-state index contributed by atoms with van der Waals surface area (Å²) in [5.74, 6) is 0.273. The third-order valence-corrected chi connectivity index (χ3v) is 4.18. The highest BCUT2D eigenvalue weighted by Gasteiger charge is 2.32. The maximum Gasteiger partial charge on any atom is 0.164 e. The first kappa shape index (κ1) is 13.3. The molecular weight excluding hydrogens is 222 g/mol. The number of hydrogen-bond acceptors (Lipinski definition) is 2. The largest absolute Gasteiger partial charge is 0.314 e. The SMILES string of the molecule is CNC1(CC(=O)c2cccc(C)c2)CCCCC1. The van der Waals surface area contributed by atoms with Crippen molar-refractivity contribution in [3.63, 3.8) is 0 Å². The average Bonchev–Trinajstić information content (AvgIpc) is 2.40. The minimum Gasteiger partial charge on any atom is -0.314 e. The molecule has 1 aliphatic rings. The topological polar surface area (TPSA) is 29.1 Å². The van der Waals surface area contributed by atoms with Crippen molar-refractivity contribution >= 4 is 5.78 Å². The van der Waals surface area contributed by atoms with Crippen LogP contribution in [0, 0.1) is 6.92 Å². The van der Waals surface area contributed by atoms with Gasteiger partial charge in [0.05, 0.1) is 0 Å². The second-order valence-electron chi connectivity index (χ2n) is 5.56. The highest BCUT2D eigenvalue weighted by Crippen LogP contribution is 2.31. The first-order chi connectivity index (χ1) is 8.65. The molecule has 1 fully saturated rings. The van der Waals surface area contributed by atoms with Crippen LogP contribution in [-0.2, 0) is 0 Å². The fraction of sp³-hybridized carbons (Fsp3) is 0.562. The van der Waals surface area contributed by atoms with E-state index in [1.54, 1.807) is 0 Å². The molecule has 98 valence electrons. The van der Waals surface area contributed by atoms with Crippen molar-refractivity contribution in [2.45, 2.75) is 51.0 Å². The van der Waals surface area contributed by atoms with Gasteiger partial charge in [0.25, 0.3) is 0 Å². The Morgan fingerprint density at radius 2 is 2.00 bits per heavy atom. The molecule has 2 rings (SSSR count). The van der Waals surface area contributed by atoms with Crippen molar-refractivity contribution in [3.8, 4) is 0 Å². The third kappa shape index (κ3) is 2.99. The molecule has 1 aromatic rings. The zero-order chi connectivity index (χ0) is 13.0. The molecule has 0 aromatic heterocycles. The lowest BCUT2D eigenvalue weighted by molar-refractivity contribution is 0.0915. The van der Waals surface area contributed by atoms with E-state index in [2.05, 4.69) is 5.32 Å². The van der Waals surface area contributed by atoms with Crippen LogP contribution >= 0.6 is 0 Å². The number of ketones is 1. The minimum atomic E-state index is 0.0408. The molecule has 1 aliphatic carbocycles. The molecule has 1 aromatic carbocycles. The van der Waals surface area contributed by atoms with Crippen molar-refractivity contribution in [1.29, 1.82) is 0 Å². The van der Waals surface area contributed by atoms with Gasteiger partial charge in [0, 0.05) is 17.5 Å². The van der Waals surface area contributed by atoms with E-state index in [1.807, 2.05) is 38.2 Å². The fourth-order valence-corrected chi connectivity index (χ4v) is 2.97. The fourth-order valence-electron chi connectivity index (χ4n) is 2.97. The summed E-state index contributed by atoms with van der Waals surface area (Å²) in [5.41, 5.74) is 2.05. The van der Waals surface area contributed by atoms with Gasteiger partial charge in [-0.1, -0.05) is 43.0 Å². The van der Waals surface area contributed by atoms with E-state index in [0.29, 0.717) is 6.42 Å². The average molecular weight is 245 g/mol. The lowest BCUT2D eigenvalue weighted by Crippen LogP contribution is -2.46. The molecule has 0 saturated heterocycles. The van der Waals surface area contributed by atoms with Gasteiger partial charge in [0.15, 0.2) is 5.78 Å². The quantitative estimate of drug-likeness (QED) is 0.823. The van der Waals surface area contributed by atoms with E-state index < -0.39 is 0 Å². The Morgan fingerprint density at radius 3 is 2.61 bits per heavy atom. The molecule has 0 bridgehead atoms. The molecule has 0 radical (unpaired) electrons. The Bertz CT molecular complexity index is 419. The maximum absolute atomic E-state index is 12.4. The number of nitrogens with one attached hydrogen (secondary N) is 1. The Morgan fingerprint density at radius 1 is 1.28 bits per heavy atom. The minimum absolute atomic E-state index is 0.0408. The van der Waals surface area contributed by atoms with Crippen LogP contribution < -0.4 is 5.32 Å². The van der Waals surface area contributed by atoms with Crippen LogP contribution in [-0.4, -0.2) is 18.4 Å². The zero-order valence-electron chi connectivity index (χ0n) is 11.5. The number of benzene rings is 1. The Labute approximate surface area is 110 Å². The maximum atomic E-state index is 12.4. The molecule has 0 unspecified atom stereocenters. The molecule has 1 saturated carbocycles. The van der Waals surface area contributed by atoms with Crippen LogP contribution in [0.15, 0.2) is 24.3 Å². The first-order valence-electron chi connectivity index (χ1n) is 6.94. The summed E-state index contributed by atoms with van der Waals surface area (Å²) >= 11 is 0. The third-order valence-electron chi connectivity index (χ3n) is 4.18. The van der Waals surface area contributed by atoms with Gasteiger partial charge in [-0.15, -0.1) is 0 Å². The van der Waals surface area contributed by atoms with Crippen molar-refractivity contribution in [2.24, 2.45) is 0 Å². The number of aryl methyl sites for hydroxylation is 1. The number of rotatable bonds is 4. The Hall–Kier alpha value is -1.15. The summed E-state index contributed by atoms with van der Waals surface area (Å²) in [4.78, 5) is 12.4. The van der Waals surface area contributed by atoms with Gasteiger partial charge in [-0.2, -0.15) is 0 Å². The first-order valence-corrected chi connectivity index (χ1v) is 6.94. The Kier molecular flexibility index (Phi) is 4.18. The van der Waals surface area contributed by atoms with E-state index in [-0.39, 0.29) is 11.3 Å². The normalized spacial score (nSPS) is 18.6. The number of carbonyl (C=O) groups excluding carboxylic acids is 1. The smallest absolute Gasteiger partial charge is 0.164 e. The van der Waals surface area contributed by atoms with Gasteiger partial charge in [0.2, 0.25) is 0 Å². The van der Waals surface area contributed by atoms with Gasteiger partial charge in [-0.05, 0) is 32.9 Å². The van der Waals surface area contributed by atoms with E-state index in [1.165, 1.54) is 19.3 Å². The highest BCUT2D eigenvalue weighted by atomic mass is 16.1. The van der Waals surface area contributed by atoms with E-state index in [9.17, 15) is 4.79 Å². The van der Waals surface area contributed by atoms with Gasteiger partial charge < -0.3 is 5.32 Å². The van der Waals surface area contributed by atoms with Gasteiger partial charge in [0.1, 0.15) is 0 Å². The predicted molar refractivity (Wildman–Crippen MR) is 75.0 cm³/mol. The molecule has 0 aliphatic heterocycles. The van der Waals surface area contributed by atoms with Crippen LogP contribution in [0.3, 0.4) is 0 Å². The van der Waals surface area contributed by atoms with Crippen molar-refractivity contribution in [2.75, 3.05) is 7.05 Å². The molecule has 18 heavy (non-hydrogen) atoms. The van der Waals surface area contributed by atoms with E-state index in [0.717, 1.165) is 24.0 Å². The molecule has 1 N–H and O–H groups in total. The standard InChI is InChI=1S/C16H23NO/c1-13-7-6-8-14(11-13)15(18)12-16(17-2)9-4-3-5-10-16/h6-8,11,17H,3-5,9-10,12H2,1-2H3. The van der Waals surface area contributed by atoms with E-state index >= 15 is 0 Å². The van der Waals surface area contributed by atoms with Crippen LogP contribution in [0.1, 0.15) is 54.4 Å². The highest BCUT2D eigenvalue weighted by molar-refractivity contribution is 5.97. The number of hydrogen-bond donors (Lipinski definition) is 1. The molecule has 0 amide bonds. The molecule has 0 atom stereocenters. The number of carbonyl (C=O) groups is 1. The second-order valence-corrected chi connectivity index (χ2v) is 5.56. The lowest BCUT2D eigenvalue weighted by atomic mass is 9.77. The molecule has 0 spiro atoms. The predicted octanol–water partition coefficient (Wildman–Crippen LogP) is 3.49. The summed E-state index contributed by atoms with van der Waals surface area (Å²) in [7, 11) is 1.99. The molecule has 2 heteroatoms. The van der Waals surface area contributed by atoms with Crippen molar-refractivity contribution in [3.05, 3.63) is 35.4 Å². The zero-order valence-corrected chi connectivity index (χ0v) is 11.5. The van der Waals surface area contributed by atoms with Crippen LogP contribution in [0.2, 0.25) is 0 Å². The van der Waals surface area contributed by atoms with Crippen LogP contribution in [0.25, 0.3) is 0 Å². The van der Waals surface area contributed by atoms with Gasteiger partial charge >= 0.3 is 0 Å². The van der Waals surface area contributed by atoms with Crippen molar-refractivity contribution < 1.29 is 4.79 Å². The summed E-state index contributed by atoms with van der Waals surface area (Å²) in [6.07, 6.45) is 6.67. The summed E-state index contributed by atoms with van der Waals surface area (Å²) in [5, 5.41) is 3.41. The van der Waals surface area contributed by atoms with Crippen LogP contribution in [0.4, 0.5) is 0 Å². The van der Waals surface area contributed by atoms with E-state index in [4.69, 9.17) is 0 Å². The summed E-state index contributed by atoms with van der Waals surface area (Å²) in [6.45, 7) is 2.03. The monoisotopic (exact) mass is 245 g/mol. The lowest BCUT2D eigenvalue weighted by Gasteiger charge is -2.36. The van der Waals surface area contributed by atoms with Crippen LogP contribution in [0.5, 0.6) is 0 Å². The van der Waals surface area contributed by atoms with Gasteiger partial charge in [-0.3, -0.25) is 4.79 Å². The van der Waals surface area contributed by atoms with Crippen molar-refractivity contribution in [1.82, 2.24) is 5.32 Å². The molecule has 0 heterocycles. The second kappa shape index (κ2) is 5.66. The molecular formula is C16H23NO. The number of Topliss-reactive ketones (excluding diaryl/α,β-unsaturated/α-hetero) is 1. The summed E-state index contributed by atoms with van der Waals surface area (Å²) < 4.78 is 0.